The second kappa shape index (κ2) is 13.7. The summed E-state index contributed by atoms with van der Waals surface area (Å²) in [5.74, 6) is 0.884. The molecular weight excluding hydrogens is 222 g/mol. The molecule has 3 nitrogen and oxygen atoms in total. The van der Waals surface area contributed by atoms with Crippen molar-refractivity contribution >= 4 is 11.2 Å². The molecule has 2 aromatic heterocycles. The molecule has 0 unspecified atom stereocenters. The Hall–Kier alpha value is -1.38. The average molecular weight is 251 g/mol. The lowest BCUT2D eigenvalue weighted by Crippen LogP contribution is -1.77. The highest BCUT2D eigenvalue weighted by Gasteiger charge is 1.90. The van der Waals surface area contributed by atoms with Crippen molar-refractivity contribution in [2.75, 3.05) is 0 Å². The van der Waals surface area contributed by atoms with E-state index in [0.29, 0.717) is 0 Å². The van der Waals surface area contributed by atoms with Crippen LogP contribution in [0.2, 0.25) is 0 Å². The average Bonchev–Trinajstić information content (AvgIpc) is 2.92. The number of pyridine rings is 1. The Morgan fingerprint density at radius 3 is 2.11 bits per heavy atom. The monoisotopic (exact) mass is 251 g/mol. The van der Waals surface area contributed by atoms with Crippen LogP contribution in [0.4, 0.5) is 0 Å². The number of hydrogen-bond donors (Lipinski definition) is 1. The molecule has 1 N–H and O–H groups in total. The van der Waals surface area contributed by atoms with E-state index in [1.54, 1.807) is 12.5 Å². The van der Waals surface area contributed by atoms with E-state index in [1.807, 2.05) is 39.8 Å². The Balaban J connectivity index is 0. The molecule has 104 valence electrons. The topological polar surface area (TPSA) is 41.6 Å². The minimum absolute atomic E-state index is 0.775. The van der Waals surface area contributed by atoms with Crippen molar-refractivity contribution < 1.29 is 0 Å². The molecular formula is C15H29N3. The zero-order valence-electron chi connectivity index (χ0n) is 13.0. The van der Waals surface area contributed by atoms with Crippen LogP contribution in [0.25, 0.3) is 11.2 Å². The molecule has 3 heteroatoms. The first-order valence-corrected chi connectivity index (χ1v) is 6.98. The van der Waals surface area contributed by atoms with Gasteiger partial charge in [-0.25, -0.2) is 9.97 Å². The normalized spacial score (nSPS) is 8.44. The summed E-state index contributed by atoms with van der Waals surface area (Å²) >= 11 is 0. The molecule has 18 heavy (non-hydrogen) atoms. The summed E-state index contributed by atoms with van der Waals surface area (Å²) in [4.78, 5) is 10.9. The Morgan fingerprint density at radius 1 is 1.11 bits per heavy atom. The van der Waals surface area contributed by atoms with Crippen LogP contribution in [-0.2, 0) is 0 Å². The molecule has 0 amide bonds. The van der Waals surface area contributed by atoms with Gasteiger partial charge in [-0.1, -0.05) is 54.9 Å². The molecule has 0 spiro atoms. The number of H-pyrrole nitrogens is 1. The van der Waals surface area contributed by atoms with Gasteiger partial charge in [-0.3, -0.25) is 0 Å². The Bertz CT molecular complexity index is 336. The maximum absolute atomic E-state index is 4.00. The molecule has 0 atom stereocenters. The summed E-state index contributed by atoms with van der Waals surface area (Å²) in [5.41, 5.74) is 1.76. The van der Waals surface area contributed by atoms with Crippen molar-refractivity contribution in [3.05, 3.63) is 24.7 Å². The van der Waals surface area contributed by atoms with E-state index in [-0.39, 0.29) is 0 Å². The summed E-state index contributed by atoms with van der Waals surface area (Å²) in [6, 6.07) is 3.82. The number of imidazole rings is 1. The van der Waals surface area contributed by atoms with E-state index in [1.165, 1.54) is 6.42 Å². The fraction of sp³-hybridized carbons (Fsp3) is 0.600. The minimum atomic E-state index is 0.775. The van der Waals surface area contributed by atoms with Gasteiger partial charge >= 0.3 is 0 Å². The quantitative estimate of drug-likeness (QED) is 0.769. The van der Waals surface area contributed by atoms with E-state index in [2.05, 4.69) is 35.7 Å². The third-order valence-electron chi connectivity index (χ3n) is 2.01. The van der Waals surface area contributed by atoms with Gasteiger partial charge in [0.1, 0.15) is 0 Å². The predicted octanol–water partition coefficient (Wildman–Crippen LogP) is 5.06. The van der Waals surface area contributed by atoms with Crippen LogP contribution >= 0.6 is 0 Å². The fourth-order valence-corrected chi connectivity index (χ4v) is 0.775. The van der Waals surface area contributed by atoms with Crippen molar-refractivity contribution in [3.8, 4) is 0 Å². The maximum Gasteiger partial charge on any atom is 0.177 e. The zero-order valence-corrected chi connectivity index (χ0v) is 13.0. The van der Waals surface area contributed by atoms with Crippen LogP contribution in [0.3, 0.4) is 0 Å². The highest BCUT2D eigenvalue weighted by molar-refractivity contribution is 5.68. The molecule has 0 radical (unpaired) electrons. The number of aromatic nitrogens is 3. The molecule has 2 heterocycles. The van der Waals surface area contributed by atoms with Crippen LogP contribution in [0, 0.1) is 5.92 Å². The first kappa shape index (κ1) is 19.0. The Kier molecular flexibility index (Phi) is 14.4. The predicted molar refractivity (Wildman–Crippen MR) is 81.7 cm³/mol. The summed E-state index contributed by atoms with van der Waals surface area (Å²) < 4.78 is 0. The number of nitrogens with one attached hydrogen (secondary N) is 1. The number of fused-ring (bicyclic) bond motifs is 1. The molecule has 0 saturated carbocycles. The van der Waals surface area contributed by atoms with Crippen molar-refractivity contribution in [1.82, 2.24) is 15.0 Å². The van der Waals surface area contributed by atoms with Crippen LogP contribution in [0.15, 0.2) is 24.7 Å². The van der Waals surface area contributed by atoms with Crippen molar-refractivity contribution in [3.63, 3.8) is 0 Å². The van der Waals surface area contributed by atoms with E-state index in [4.69, 9.17) is 0 Å². The zero-order chi connectivity index (χ0) is 14.4. The molecule has 2 rings (SSSR count). The van der Waals surface area contributed by atoms with Gasteiger partial charge in [0.05, 0.1) is 11.8 Å². The van der Waals surface area contributed by atoms with Gasteiger partial charge in [0.25, 0.3) is 0 Å². The van der Waals surface area contributed by atoms with Crippen LogP contribution in [-0.4, -0.2) is 15.0 Å². The lowest BCUT2D eigenvalue weighted by molar-refractivity contribution is 0.626. The highest BCUT2D eigenvalue weighted by Crippen LogP contribution is 2.01. The molecule has 0 aliphatic heterocycles. The van der Waals surface area contributed by atoms with Crippen molar-refractivity contribution in [1.29, 1.82) is 0 Å². The molecule has 0 saturated heterocycles. The van der Waals surface area contributed by atoms with Crippen molar-refractivity contribution in [2.45, 2.75) is 54.9 Å². The van der Waals surface area contributed by atoms with Crippen molar-refractivity contribution in [2.24, 2.45) is 5.92 Å². The molecule has 0 aliphatic rings. The number of aromatic amines is 1. The van der Waals surface area contributed by atoms with E-state index < -0.39 is 0 Å². The summed E-state index contributed by atoms with van der Waals surface area (Å²) in [6.07, 6.45) is 4.67. The van der Waals surface area contributed by atoms with Gasteiger partial charge < -0.3 is 4.98 Å². The lowest BCUT2D eigenvalue weighted by atomic mass is 10.2. The fourth-order valence-electron chi connectivity index (χ4n) is 0.775. The first-order valence-electron chi connectivity index (χ1n) is 6.98. The van der Waals surface area contributed by atoms with Gasteiger partial charge in [0, 0.05) is 6.20 Å². The largest absolute Gasteiger partial charge is 0.343 e. The van der Waals surface area contributed by atoms with Gasteiger partial charge in [-0.05, 0) is 18.1 Å². The second-order valence-corrected chi connectivity index (χ2v) is 3.58. The van der Waals surface area contributed by atoms with Crippen LogP contribution in [0.1, 0.15) is 54.9 Å². The summed E-state index contributed by atoms with van der Waals surface area (Å²) in [7, 11) is 0. The van der Waals surface area contributed by atoms with Gasteiger partial charge in [0.15, 0.2) is 5.65 Å². The Labute approximate surface area is 112 Å². The number of hydrogen-bond acceptors (Lipinski definition) is 2. The molecule has 0 aliphatic carbocycles. The van der Waals surface area contributed by atoms with Gasteiger partial charge in [-0.2, -0.15) is 0 Å². The SMILES string of the molecule is CC.CC.CCC(C)C.c1cnc2nc[nH]c2c1. The summed E-state index contributed by atoms with van der Waals surface area (Å²) in [5, 5.41) is 0. The third kappa shape index (κ3) is 8.74. The van der Waals surface area contributed by atoms with E-state index in [0.717, 1.165) is 17.1 Å². The van der Waals surface area contributed by atoms with E-state index >= 15 is 0 Å². The first-order chi connectivity index (χ1) is 8.74. The smallest absolute Gasteiger partial charge is 0.177 e. The number of nitrogens with zero attached hydrogens (tertiary/aromatic N) is 2. The van der Waals surface area contributed by atoms with Gasteiger partial charge in [-0.15, -0.1) is 0 Å². The highest BCUT2D eigenvalue weighted by atomic mass is 14.9. The molecule has 0 bridgehead atoms. The third-order valence-corrected chi connectivity index (χ3v) is 2.01. The van der Waals surface area contributed by atoms with Gasteiger partial charge in [0.2, 0.25) is 0 Å². The second-order valence-electron chi connectivity index (χ2n) is 3.58. The minimum Gasteiger partial charge on any atom is -0.343 e. The lowest BCUT2D eigenvalue weighted by Gasteiger charge is -1.90. The Morgan fingerprint density at radius 2 is 1.67 bits per heavy atom. The van der Waals surface area contributed by atoms with E-state index in [9.17, 15) is 0 Å². The molecule has 0 aromatic carbocycles. The molecule has 0 fully saturated rings. The number of rotatable bonds is 1. The summed E-state index contributed by atoms with van der Waals surface area (Å²) in [6.45, 7) is 14.6. The maximum atomic E-state index is 4.00. The standard InChI is InChI=1S/C6H5N3.C5H12.2C2H6/c1-2-5-6(7-3-1)9-4-8-5;1-4-5(2)3;2*1-2/h1-4H,(H,7,8,9);5H,4H2,1-3H3;2*1-2H3. The van der Waals surface area contributed by atoms with Crippen LogP contribution < -0.4 is 0 Å². The molecule has 2 aromatic rings. The van der Waals surface area contributed by atoms with Crippen LogP contribution in [0.5, 0.6) is 0 Å².